The van der Waals surface area contributed by atoms with Crippen LogP contribution >= 0.6 is 0 Å². The summed E-state index contributed by atoms with van der Waals surface area (Å²) in [6, 6.07) is 8.60. The fourth-order valence-corrected chi connectivity index (χ4v) is 2.48. The number of benzene rings is 1. The number of hydrogen-bond donors (Lipinski definition) is 1. The van der Waals surface area contributed by atoms with Crippen molar-refractivity contribution < 1.29 is 9.52 Å². The van der Waals surface area contributed by atoms with Crippen molar-refractivity contribution in [2.45, 2.75) is 27.7 Å². The molecule has 0 amide bonds. The summed E-state index contributed by atoms with van der Waals surface area (Å²) >= 11 is 0. The van der Waals surface area contributed by atoms with Gasteiger partial charge in [-0.1, -0.05) is 43.5 Å². The Morgan fingerprint density at radius 2 is 1.70 bits per heavy atom. The van der Waals surface area contributed by atoms with E-state index in [1.54, 1.807) is 13.0 Å². The summed E-state index contributed by atoms with van der Waals surface area (Å²) in [5.74, 6) is 0.769. The highest BCUT2D eigenvalue weighted by molar-refractivity contribution is 5.65. The minimum absolute atomic E-state index is 0.133. The molecule has 0 aliphatic rings. The van der Waals surface area contributed by atoms with E-state index >= 15 is 0 Å². The lowest BCUT2D eigenvalue weighted by Crippen LogP contribution is -2.22. The van der Waals surface area contributed by atoms with Gasteiger partial charge < -0.3 is 14.4 Å². The predicted molar refractivity (Wildman–Crippen MR) is 120 cm³/mol. The minimum Gasteiger partial charge on any atom is -0.509 e. The first kappa shape index (κ1) is 22.1. The summed E-state index contributed by atoms with van der Waals surface area (Å²) in [5, 5.41) is 10.0. The van der Waals surface area contributed by atoms with Gasteiger partial charge in [-0.25, -0.2) is 0 Å². The third-order valence-electron chi connectivity index (χ3n) is 4.20. The van der Waals surface area contributed by atoms with E-state index in [4.69, 9.17) is 4.42 Å². The Bertz CT molecular complexity index is 922. The molecule has 27 heavy (non-hydrogen) atoms. The van der Waals surface area contributed by atoms with E-state index in [1.807, 2.05) is 19.1 Å². The average molecular weight is 366 g/mol. The maximum absolute atomic E-state index is 9.33. The zero-order valence-electron chi connectivity index (χ0n) is 17.3. The maximum atomic E-state index is 9.33. The van der Waals surface area contributed by atoms with Gasteiger partial charge in [-0.2, -0.15) is 0 Å². The number of furan rings is 1. The standard InChI is InChI=1S/C12H17N.C12H14O2/c1-5-10(2)11-6-8-12(9-7-11)13(3)4;1-5-7-10-8(3)12(9(4)13)14-11(10)6-2/h5-9H,1-4H3;5-7,13H,2-3H2,1,4H3/b10-5-;7-5-,12-9-. The van der Waals surface area contributed by atoms with Gasteiger partial charge in [0.1, 0.15) is 11.5 Å². The average Bonchev–Trinajstić information content (AvgIpc) is 2.98. The van der Waals surface area contributed by atoms with Gasteiger partial charge in [0.05, 0.1) is 0 Å². The quantitative estimate of drug-likeness (QED) is 0.806. The molecule has 0 atom stereocenters. The van der Waals surface area contributed by atoms with Crippen LogP contribution < -0.4 is 15.5 Å². The molecule has 0 saturated heterocycles. The first-order valence-corrected chi connectivity index (χ1v) is 8.94. The monoisotopic (exact) mass is 365 g/mol. The number of allylic oxidation sites excluding steroid dienone is 3. The Hall–Kier alpha value is -2.94. The molecule has 3 nitrogen and oxygen atoms in total. The zero-order chi connectivity index (χ0) is 20.6. The largest absolute Gasteiger partial charge is 0.509 e. The van der Waals surface area contributed by atoms with Crippen molar-refractivity contribution in [3.8, 4) is 0 Å². The van der Waals surface area contributed by atoms with Gasteiger partial charge in [0.25, 0.3) is 0 Å². The predicted octanol–water partition coefficient (Wildman–Crippen LogP) is 5.23. The van der Waals surface area contributed by atoms with Crippen LogP contribution in [0.2, 0.25) is 0 Å². The number of aliphatic hydroxyl groups excluding tert-OH is 1. The second-order valence-corrected chi connectivity index (χ2v) is 6.39. The summed E-state index contributed by atoms with van der Waals surface area (Å²) in [4.78, 5) is 2.11. The molecule has 0 bridgehead atoms. The van der Waals surface area contributed by atoms with Crippen molar-refractivity contribution in [3.63, 3.8) is 0 Å². The molecule has 1 aromatic carbocycles. The molecule has 144 valence electrons. The van der Waals surface area contributed by atoms with Crippen LogP contribution in [0.1, 0.15) is 44.6 Å². The number of nitrogens with zero attached hydrogens (tertiary/aromatic N) is 1. The molecule has 3 heteroatoms. The van der Waals surface area contributed by atoms with Gasteiger partial charge in [-0.15, -0.1) is 0 Å². The minimum atomic E-state index is 0.133. The topological polar surface area (TPSA) is 36.6 Å². The third kappa shape index (κ3) is 5.78. The Kier molecular flexibility index (Phi) is 8.40. The fourth-order valence-electron chi connectivity index (χ4n) is 2.48. The Morgan fingerprint density at radius 3 is 2.11 bits per heavy atom. The van der Waals surface area contributed by atoms with Crippen molar-refractivity contribution in [1.29, 1.82) is 0 Å². The smallest absolute Gasteiger partial charge is 0.171 e. The van der Waals surface area contributed by atoms with Crippen molar-refractivity contribution in [3.05, 3.63) is 70.5 Å². The molecule has 0 saturated carbocycles. The highest BCUT2D eigenvalue weighted by Crippen LogP contribution is 2.17. The van der Waals surface area contributed by atoms with E-state index in [2.05, 4.69) is 76.3 Å². The number of hydrogen-bond acceptors (Lipinski definition) is 3. The molecule has 1 heterocycles. The number of anilines is 1. The molecule has 2 rings (SSSR count). The Morgan fingerprint density at radius 1 is 1.11 bits per heavy atom. The molecule has 1 aromatic heterocycles. The van der Waals surface area contributed by atoms with Crippen LogP contribution in [-0.4, -0.2) is 19.2 Å². The molecule has 0 radical (unpaired) electrons. The lowest BCUT2D eigenvalue weighted by Gasteiger charge is -2.12. The second-order valence-electron chi connectivity index (χ2n) is 6.39. The van der Waals surface area contributed by atoms with Gasteiger partial charge in [0.2, 0.25) is 0 Å². The molecule has 0 aliphatic carbocycles. The van der Waals surface area contributed by atoms with Crippen molar-refractivity contribution in [1.82, 2.24) is 0 Å². The van der Waals surface area contributed by atoms with E-state index in [1.165, 1.54) is 16.8 Å². The number of rotatable bonds is 4. The molecule has 2 aromatic rings. The van der Waals surface area contributed by atoms with Crippen molar-refractivity contribution in [2.75, 3.05) is 19.0 Å². The summed E-state index contributed by atoms with van der Waals surface area (Å²) in [5.41, 5.74) is 5.16. The first-order chi connectivity index (χ1) is 12.8. The van der Waals surface area contributed by atoms with E-state index < -0.39 is 0 Å². The summed E-state index contributed by atoms with van der Waals surface area (Å²) < 4.78 is 5.39. The van der Waals surface area contributed by atoms with Gasteiger partial charge in [-0.3, -0.25) is 0 Å². The van der Waals surface area contributed by atoms with Gasteiger partial charge in [0, 0.05) is 30.6 Å². The third-order valence-corrected chi connectivity index (χ3v) is 4.20. The van der Waals surface area contributed by atoms with E-state index in [-0.39, 0.29) is 5.76 Å². The molecular weight excluding hydrogens is 334 g/mol. The summed E-state index contributed by atoms with van der Waals surface area (Å²) in [6.07, 6.45) is 7.51. The molecule has 0 aliphatic heterocycles. The highest BCUT2D eigenvalue weighted by atomic mass is 16.4. The molecule has 0 spiro atoms. The van der Waals surface area contributed by atoms with Gasteiger partial charge >= 0.3 is 0 Å². The van der Waals surface area contributed by atoms with Crippen LogP contribution in [0.5, 0.6) is 0 Å². The normalized spacial score (nSPS) is 12.4. The Labute approximate surface area is 163 Å². The van der Waals surface area contributed by atoms with Gasteiger partial charge in [-0.05, 0) is 57.0 Å². The Balaban J connectivity index is 0.000000271. The molecule has 0 fully saturated rings. The SMILES string of the molecule is C/C=C(/C)c1ccc(N(C)C)cc1.C=Cc1o/c(=C(/C)O)c(=C)c1/C=C\C. The van der Waals surface area contributed by atoms with Crippen LogP contribution in [0.4, 0.5) is 5.69 Å². The molecular formula is C24H31NO2. The second kappa shape index (κ2) is 10.3. The molecule has 0 unspecified atom stereocenters. The highest BCUT2D eigenvalue weighted by Gasteiger charge is 2.05. The van der Waals surface area contributed by atoms with E-state index in [9.17, 15) is 5.11 Å². The van der Waals surface area contributed by atoms with Crippen LogP contribution in [0.25, 0.3) is 30.1 Å². The summed E-state index contributed by atoms with van der Waals surface area (Å²) in [6.45, 7) is 15.2. The lowest BCUT2D eigenvalue weighted by atomic mass is 10.1. The zero-order valence-corrected chi connectivity index (χ0v) is 17.3. The van der Waals surface area contributed by atoms with Crippen molar-refractivity contribution in [2.24, 2.45) is 0 Å². The van der Waals surface area contributed by atoms with E-state index in [0.29, 0.717) is 16.4 Å². The first-order valence-electron chi connectivity index (χ1n) is 8.94. The summed E-state index contributed by atoms with van der Waals surface area (Å²) in [7, 11) is 4.11. The lowest BCUT2D eigenvalue weighted by molar-refractivity contribution is 0.448. The van der Waals surface area contributed by atoms with Gasteiger partial charge in [0.15, 0.2) is 5.42 Å². The fraction of sp³-hybridized carbons (Fsp3) is 0.250. The number of aliphatic hydroxyl groups is 1. The van der Waals surface area contributed by atoms with Crippen LogP contribution in [0, 0.1) is 0 Å². The van der Waals surface area contributed by atoms with Crippen molar-refractivity contribution >= 4 is 35.8 Å². The molecule has 1 N–H and O–H groups in total. The van der Waals surface area contributed by atoms with Crippen LogP contribution in [0.15, 0.2) is 47.4 Å². The van der Waals surface area contributed by atoms with Crippen LogP contribution in [-0.2, 0) is 0 Å². The van der Waals surface area contributed by atoms with E-state index in [0.717, 1.165) is 5.56 Å². The van der Waals surface area contributed by atoms with Crippen LogP contribution in [0.3, 0.4) is 0 Å². The maximum Gasteiger partial charge on any atom is 0.171 e.